The van der Waals surface area contributed by atoms with Gasteiger partial charge in [0, 0.05) is 17.4 Å². The van der Waals surface area contributed by atoms with Gasteiger partial charge in [-0.3, -0.25) is 10.1 Å². The summed E-state index contributed by atoms with van der Waals surface area (Å²) in [5.41, 5.74) is 0.916. The van der Waals surface area contributed by atoms with E-state index in [9.17, 15) is 14.9 Å². The third-order valence-corrected chi connectivity index (χ3v) is 3.32. The van der Waals surface area contributed by atoms with Crippen molar-refractivity contribution in [2.75, 3.05) is 6.61 Å². The van der Waals surface area contributed by atoms with Gasteiger partial charge in [0.1, 0.15) is 5.75 Å². The molecule has 0 radical (unpaired) electrons. The maximum absolute atomic E-state index is 11.7. The molecule has 20 heavy (non-hydrogen) atoms. The molecule has 1 aliphatic heterocycles. The predicted molar refractivity (Wildman–Crippen MR) is 71.5 cm³/mol. The molecule has 6 heteroatoms. The van der Waals surface area contributed by atoms with E-state index in [1.54, 1.807) is 18.2 Å². The molecular formula is C14H17NO5. The van der Waals surface area contributed by atoms with Gasteiger partial charge in [-0.2, -0.15) is 0 Å². The minimum Gasteiger partial charge on any atom is -0.494 e. The van der Waals surface area contributed by atoms with E-state index in [0.29, 0.717) is 23.5 Å². The Hall–Kier alpha value is -2.11. The Morgan fingerprint density at radius 2 is 2.25 bits per heavy atom. The van der Waals surface area contributed by atoms with E-state index < -0.39 is 23.0 Å². The lowest BCUT2D eigenvalue weighted by molar-refractivity contribution is -0.530. The fraction of sp³-hybridized carbons (Fsp3) is 0.500. The summed E-state index contributed by atoms with van der Waals surface area (Å²) in [5, 5.41) is 10.9. The number of rotatable bonds is 6. The molecule has 0 saturated heterocycles. The normalized spacial score (nSPS) is 18.3. The molecule has 0 fully saturated rings. The van der Waals surface area contributed by atoms with Crippen LogP contribution in [0.25, 0.3) is 0 Å². The SMILES string of the molecule is CCCCOc1ccc2c(c1)C(C(C)[N+](=O)[O-])OC2=O. The highest BCUT2D eigenvalue weighted by Crippen LogP contribution is 2.36. The first-order chi connectivity index (χ1) is 9.54. The number of benzene rings is 1. The van der Waals surface area contributed by atoms with E-state index in [4.69, 9.17) is 9.47 Å². The molecule has 0 aromatic heterocycles. The molecule has 0 aliphatic carbocycles. The first kappa shape index (κ1) is 14.3. The number of nitro groups is 1. The monoisotopic (exact) mass is 279 g/mol. The molecule has 0 spiro atoms. The van der Waals surface area contributed by atoms with Crippen molar-refractivity contribution in [2.45, 2.75) is 38.8 Å². The maximum atomic E-state index is 11.7. The van der Waals surface area contributed by atoms with Gasteiger partial charge in [-0.1, -0.05) is 13.3 Å². The van der Waals surface area contributed by atoms with Crippen LogP contribution in [0, 0.1) is 10.1 Å². The number of ether oxygens (including phenoxy) is 2. The average Bonchev–Trinajstić information content (AvgIpc) is 2.75. The minimum atomic E-state index is -0.980. The first-order valence-electron chi connectivity index (χ1n) is 6.65. The summed E-state index contributed by atoms with van der Waals surface area (Å²) in [7, 11) is 0. The number of fused-ring (bicyclic) bond motifs is 1. The van der Waals surface area contributed by atoms with Gasteiger partial charge in [0.05, 0.1) is 12.2 Å². The summed E-state index contributed by atoms with van der Waals surface area (Å²) in [6, 6.07) is 3.98. The Kier molecular flexibility index (Phi) is 4.22. The van der Waals surface area contributed by atoms with Crippen molar-refractivity contribution in [3.05, 3.63) is 39.4 Å². The van der Waals surface area contributed by atoms with Gasteiger partial charge in [0.15, 0.2) is 6.10 Å². The number of unbranched alkanes of at least 4 members (excludes halogenated alkanes) is 1. The summed E-state index contributed by atoms with van der Waals surface area (Å²) in [5.74, 6) is 0.0925. The zero-order valence-electron chi connectivity index (χ0n) is 11.5. The van der Waals surface area contributed by atoms with Crippen molar-refractivity contribution in [1.82, 2.24) is 0 Å². The third kappa shape index (κ3) is 2.74. The van der Waals surface area contributed by atoms with Crippen LogP contribution in [-0.2, 0) is 4.74 Å². The van der Waals surface area contributed by atoms with Gasteiger partial charge < -0.3 is 9.47 Å². The van der Waals surface area contributed by atoms with Gasteiger partial charge >= 0.3 is 5.97 Å². The Balaban J connectivity index is 2.23. The van der Waals surface area contributed by atoms with Crippen LogP contribution in [-0.4, -0.2) is 23.5 Å². The fourth-order valence-corrected chi connectivity index (χ4v) is 2.10. The smallest absolute Gasteiger partial charge is 0.339 e. The van der Waals surface area contributed by atoms with Gasteiger partial charge in [-0.05, 0) is 24.6 Å². The van der Waals surface area contributed by atoms with Gasteiger partial charge in [0.25, 0.3) is 6.04 Å². The Morgan fingerprint density at radius 3 is 2.90 bits per heavy atom. The van der Waals surface area contributed by atoms with Crippen LogP contribution in [0.2, 0.25) is 0 Å². The van der Waals surface area contributed by atoms with Crippen molar-refractivity contribution in [1.29, 1.82) is 0 Å². The second-order valence-corrected chi connectivity index (χ2v) is 4.80. The highest BCUT2D eigenvalue weighted by molar-refractivity contribution is 5.94. The largest absolute Gasteiger partial charge is 0.494 e. The van der Waals surface area contributed by atoms with E-state index in [2.05, 4.69) is 6.92 Å². The van der Waals surface area contributed by atoms with E-state index in [0.717, 1.165) is 12.8 Å². The maximum Gasteiger partial charge on any atom is 0.339 e. The zero-order valence-corrected chi connectivity index (χ0v) is 11.5. The molecule has 1 aliphatic rings. The summed E-state index contributed by atoms with van der Waals surface area (Å²) >= 11 is 0. The zero-order chi connectivity index (χ0) is 14.7. The highest BCUT2D eigenvalue weighted by atomic mass is 16.6. The molecule has 2 unspecified atom stereocenters. The molecule has 2 rings (SSSR count). The highest BCUT2D eigenvalue weighted by Gasteiger charge is 2.40. The van der Waals surface area contributed by atoms with E-state index >= 15 is 0 Å². The number of hydrogen-bond donors (Lipinski definition) is 0. The van der Waals surface area contributed by atoms with Crippen LogP contribution in [0.15, 0.2) is 18.2 Å². The topological polar surface area (TPSA) is 78.7 Å². The van der Waals surface area contributed by atoms with Crippen LogP contribution >= 0.6 is 0 Å². The summed E-state index contributed by atoms with van der Waals surface area (Å²) in [6.07, 6.45) is 1.11. The van der Waals surface area contributed by atoms with Gasteiger partial charge in [-0.15, -0.1) is 0 Å². The number of carbonyl (C=O) groups is 1. The van der Waals surface area contributed by atoms with Crippen LogP contribution in [0.5, 0.6) is 5.75 Å². The number of hydrogen-bond acceptors (Lipinski definition) is 5. The van der Waals surface area contributed by atoms with Gasteiger partial charge in [-0.25, -0.2) is 4.79 Å². The van der Waals surface area contributed by atoms with Crippen LogP contribution in [0.4, 0.5) is 0 Å². The lowest BCUT2D eigenvalue weighted by atomic mass is 10.0. The van der Waals surface area contributed by atoms with E-state index in [1.807, 2.05) is 0 Å². The summed E-state index contributed by atoms with van der Waals surface area (Å²) in [6.45, 7) is 4.07. The Morgan fingerprint density at radius 1 is 1.50 bits per heavy atom. The van der Waals surface area contributed by atoms with Gasteiger partial charge in [0.2, 0.25) is 0 Å². The summed E-state index contributed by atoms with van der Waals surface area (Å²) < 4.78 is 10.7. The number of nitrogens with zero attached hydrogens (tertiary/aromatic N) is 1. The number of carbonyl (C=O) groups excluding carboxylic acids is 1. The van der Waals surface area contributed by atoms with E-state index in [1.165, 1.54) is 6.92 Å². The molecule has 1 heterocycles. The van der Waals surface area contributed by atoms with Crippen LogP contribution in [0.1, 0.15) is 48.7 Å². The van der Waals surface area contributed by atoms with Crippen LogP contribution < -0.4 is 4.74 Å². The number of esters is 1. The molecule has 108 valence electrons. The molecule has 0 amide bonds. The van der Waals surface area contributed by atoms with Crippen molar-refractivity contribution < 1.29 is 19.2 Å². The van der Waals surface area contributed by atoms with Crippen molar-refractivity contribution in [3.8, 4) is 5.75 Å². The lowest BCUT2D eigenvalue weighted by Gasteiger charge is -2.13. The van der Waals surface area contributed by atoms with Crippen molar-refractivity contribution in [3.63, 3.8) is 0 Å². The lowest BCUT2D eigenvalue weighted by Crippen LogP contribution is -2.24. The molecular weight excluding hydrogens is 262 g/mol. The molecule has 1 aromatic rings. The average molecular weight is 279 g/mol. The van der Waals surface area contributed by atoms with Crippen molar-refractivity contribution in [2.24, 2.45) is 0 Å². The molecule has 0 saturated carbocycles. The number of cyclic esters (lactones) is 1. The second kappa shape index (κ2) is 5.90. The second-order valence-electron chi connectivity index (χ2n) is 4.80. The molecule has 0 bridgehead atoms. The Bertz CT molecular complexity index is 528. The summed E-state index contributed by atoms with van der Waals surface area (Å²) in [4.78, 5) is 22.1. The van der Waals surface area contributed by atoms with Crippen LogP contribution in [0.3, 0.4) is 0 Å². The molecule has 6 nitrogen and oxygen atoms in total. The molecule has 1 aromatic carbocycles. The Labute approximate surface area is 116 Å². The third-order valence-electron chi connectivity index (χ3n) is 3.32. The quantitative estimate of drug-likeness (QED) is 0.346. The standard InChI is InChI=1S/C14H17NO5/c1-3-4-7-19-10-5-6-11-12(8-10)13(20-14(11)16)9(2)15(17)18/h5-6,8-9,13H,3-4,7H2,1-2H3. The first-order valence-corrected chi connectivity index (χ1v) is 6.65. The van der Waals surface area contributed by atoms with E-state index in [-0.39, 0.29) is 0 Å². The molecule has 0 N–H and O–H groups in total. The molecule has 2 atom stereocenters. The minimum absolute atomic E-state index is 0.381. The fourth-order valence-electron chi connectivity index (χ4n) is 2.10. The predicted octanol–water partition coefficient (Wildman–Crippen LogP) is 2.74. The van der Waals surface area contributed by atoms with Crippen molar-refractivity contribution >= 4 is 5.97 Å².